The highest BCUT2D eigenvalue weighted by Gasteiger charge is 2.22. The number of fused-ring (bicyclic) bond motifs is 3. The summed E-state index contributed by atoms with van der Waals surface area (Å²) in [6.07, 6.45) is 7.19. The summed E-state index contributed by atoms with van der Waals surface area (Å²) in [5, 5.41) is 0.900. The monoisotopic (exact) mass is 290 g/mol. The van der Waals surface area contributed by atoms with Gasteiger partial charge >= 0.3 is 0 Å². The average molecular weight is 290 g/mol. The number of thiophene rings is 1. The Hall–Kier alpha value is -1.20. The van der Waals surface area contributed by atoms with E-state index in [0.717, 1.165) is 55.7 Å². The molecule has 2 aromatic heterocycles. The summed E-state index contributed by atoms with van der Waals surface area (Å²) >= 11 is 1.71. The fraction of sp³-hybridized carbons (Fsp3) is 0.600. The molecule has 1 saturated heterocycles. The first-order chi connectivity index (χ1) is 9.83. The number of rotatable bonds is 2. The lowest BCUT2D eigenvalue weighted by Gasteiger charge is -2.22. The van der Waals surface area contributed by atoms with Crippen LogP contribution in [0.2, 0.25) is 0 Å². The molecule has 4 rings (SSSR count). The zero-order chi connectivity index (χ0) is 13.5. The zero-order valence-electron chi connectivity index (χ0n) is 11.4. The first kappa shape index (κ1) is 12.5. The number of hydrogen-bond donors (Lipinski definition) is 0. The van der Waals surface area contributed by atoms with Gasteiger partial charge in [-0.3, -0.25) is 9.36 Å². The molecule has 5 heteroatoms. The summed E-state index contributed by atoms with van der Waals surface area (Å²) in [6, 6.07) is 0. The molecule has 2 aliphatic rings. The lowest BCUT2D eigenvalue weighted by Crippen LogP contribution is -2.27. The van der Waals surface area contributed by atoms with Crippen LogP contribution in [0, 0.1) is 5.92 Å². The van der Waals surface area contributed by atoms with Crippen molar-refractivity contribution in [1.29, 1.82) is 0 Å². The van der Waals surface area contributed by atoms with Gasteiger partial charge in [-0.05, 0) is 43.6 Å². The zero-order valence-corrected chi connectivity index (χ0v) is 12.2. The Kier molecular flexibility index (Phi) is 3.11. The largest absolute Gasteiger partial charge is 0.381 e. The molecule has 0 N–H and O–H groups in total. The molecule has 0 atom stereocenters. The molecule has 0 spiro atoms. The second kappa shape index (κ2) is 4.97. The van der Waals surface area contributed by atoms with Gasteiger partial charge in [-0.2, -0.15) is 0 Å². The predicted molar refractivity (Wildman–Crippen MR) is 79.4 cm³/mol. The van der Waals surface area contributed by atoms with Gasteiger partial charge in [-0.25, -0.2) is 4.98 Å². The Morgan fingerprint density at radius 1 is 1.35 bits per heavy atom. The Balaban J connectivity index is 1.73. The van der Waals surface area contributed by atoms with E-state index in [1.54, 1.807) is 17.7 Å². The number of nitrogens with zero attached hydrogens (tertiary/aromatic N) is 2. The van der Waals surface area contributed by atoms with E-state index < -0.39 is 0 Å². The van der Waals surface area contributed by atoms with Crippen LogP contribution in [0.4, 0.5) is 0 Å². The summed E-state index contributed by atoms with van der Waals surface area (Å²) in [5.74, 6) is 0.549. The third-order valence-corrected chi connectivity index (χ3v) is 5.69. The summed E-state index contributed by atoms with van der Waals surface area (Å²) in [5.41, 5.74) is 1.45. The van der Waals surface area contributed by atoms with Crippen LogP contribution in [0.5, 0.6) is 0 Å². The molecule has 0 bridgehead atoms. The van der Waals surface area contributed by atoms with Crippen LogP contribution < -0.4 is 5.56 Å². The van der Waals surface area contributed by atoms with Crippen LogP contribution in [-0.2, 0) is 24.1 Å². The minimum atomic E-state index is 0.167. The quantitative estimate of drug-likeness (QED) is 0.853. The molecule has 1 fully saturated rings. The Morgan fingerprint density at radius 2 is 2.20 bits per heavy atom. The molecule has 0 amide bonds. The second-order valence-corrected chi connectivity index (χ2v) is 6.88. The first-order valence-corrected chi connectivity index (χ1v) is 8.22. The fourth-order valence-electron chi connectivity index (χ4n) is 3.36. The molecule has 0 unspecified atom stereocenters. The van der Waals surface area contributed by atoms with E-state index in [0.29, 0.717) is 5.92 Å². The molecular formula is C15H18N2O2S. The predicted octanol–water partition coefficient (Wildman–Crippen LogP) is 2.37. The van der Waals surface area contributed by atoms with Gasteiger partial charge in [-0.15, -0.1) is 11.3 Å². The van der Waals surface area contributed by atoms with Gasteiger partial charge in [0.2, 0.25) is 0 Å². The van der Waals surface area contributed by atoms with Crippen molar-refractivity contribution < 1.29 is 4.74 Å². The van der Waals surface area contributed by atoms with Gasteiger partial charge in [0.25, 0.3) is 5.56 Å². The van der Waals surface area contributed by atoms with E-state index in [1.807, 2.05) is 4.57 Å². The highest BCUT2D eigenvalue weighted by molar-refractivity contribution is 7.18. The molecule has 4 nitrogen and oxygen atoms in total. The normalized spacial score (nSPS) is 19.6. The minimum absolute atomic E-state index is 0.167. The van der Waals surface area contributed by atoms with Crippen LogP contribution >= 0.6 is 11.3 Å². The third-order valence-electron chi connectivity index (χ3n) is 4.49. The van der Waals surface area contributed by atoms with E-state index in [9.17, 15) is 4.79 Å². The maximum Gasteiger partial charge on any atom is 0.262 e. The lowest BCUT2D eigenvalue weighted by molar-refractivity contribution is 0.0609. The smallest absolute Gasteiger partial charge is 0.262 e. The van der Waals surface area contributed by atoms with Gasteiger partial charge in [0.05, 0.1) is 11.7 Å². The Morgan fingerprint density at radius 3 is 3.05 bits per heavy atom. The molecule has 2 aromatic rings. The van der Waals surface area contributed by atoms with E-state index in [2.05, 4.69) is 4.98 Å². The van der Waals surface area contributed by atoms with Gasteiger partial charge in [0.1, 0.15) is 4.83 Å². The van der Waals surface area contributed by atoms with Crippen molar-refractivity contribution >= 4 is 21.6 Å². The highest BCUT2D eigenvalue weighted by atomic mass is 32.1. The summed E-state index contributed by atoms with van der Waals surface area (Å²) in [7, 11) is 0. The number of hydrogen-bond acceptors (Lipinski definition) is 4. The molecule has 20 heavy (non-hydrogen) atoms. The Labute approximate surface area is 121 Å². The van der Waals surface area contributed by atoms with Crippen molar-refractivity contribution in [2.24, 2.45) is 5.92 Å². The SMILES string of the molecule is O=c1c2c3c(sc2ncn1CC1CCOCC1)CCC3. The maximum absolute atomic E-state index is 12.7. The third kappa shape index (κ3) is 2.00. The van der Waals surface area contributed by atoms with Crippen molar-refractivity contribution in [2.45, 2.75) is 38.6 Å². The van der Waals surface area contributed by atoms with Gasteiger partial charge in [-0.1, -0.05) is 0 Å². The van der Waals surface area contributed by atoms with E-state index in [1.165, 1.54) is 16.9 Å². The number of aromatic nitrogens is 2. The van der Waals surface area contributed by atoms with Crippen molar-refractivity contribution in [1.82, 2.24) is 9.55 Å². The van der Waals surface area contributed by atoms with Crippen LogP contribution in [-0.4, -0.2) is 22.8 Å². The number of ether oxygens (including phenoxy) is 1. The molecule has 0 radical (unpaired) electrons. The van der Waals surface area contributed by atoms with Crippen molar-refractivity contribution in [2.75, 3.05) is 13.2 Å². The standard InChI is InChI=1S/C15H18N2O2S/c18-15-13-11-2-1-3-12(11)20-14(13)16-9-17(15)8-10-4-6-19-7-5-10/h9-10H,1-8H2. The van der Waals surface area contributed by atoms with E-state index in [4.69, 9.17) is 4.74 Å². The molecule has 0 aromatic carbocycles. The first-order valence-electron chi connectivity index (χ1n) is 7.40. The van der Waals surface area contributed by atoms with Crippen LogP contribution in [0.15, 0.2) is 11.1 Å². The summed E-state index contributed by atoms with van der Waals surface area (Å²) in [6.45, 7) is 2.43. The second-order valence-electron chi connectivity index (χ2n) is 5.80. The molecule has 1 aliphatic heterocycles. The fourth-order valence-corrected chi connectivity index (χ4v) is 4.58. The average Bonchev–Trinajstić information content (AvgIpc) is 3.03. The minimum Gasteiger partial charge on any atom is -0.381 e. The topological polar surface area (TPSA) is 44.1 Å². The molecular weight excluding hydrogens is 272 g/mol. The maximum atomic E-state index is 12.7. The Bertz CT molecular complexity index is 698. The van der Waals surface area contributed by atoms with Crippen LogP contribution in [0.25, 0.3) is 10.2 Å². The van der Waals surface area contributed by atoms with Gasteiger partial charge in [0.15, 0.2) is 0 Å². The number of aryl methyl sites for hydroxylation is 2. The summed E-state index contributed by atoms with van der Waals surface area (Å²) < 4.78 is 7.21. The molecule has 1 aliphatic carbocycles. The van der Waals surface area contributed by atoms with E-state index in [-0.39, 0.29) is 5.56 Å². The van der Waals surface area contributed by atoms with Crippen molar-refractivity contribution in [3.8, 4) is 0 Å². The van der Waals surface area contributed by atoms with E-state index >= 15 is 0 Å². The van der Waals surface area contributed by atoms with Gasteiger partial charge < -0.3 is 4.74 Å². The van der Waals surface area contributed by atoms with Crippen LogP contribution in [0.1, 0.15) is 29.7 Å². The van der Waals surface area contributed by atoms with Crippen molar-refractivity contribution in [3.05, 3.63) is 27.1 Å². The summed E-state index contributed by atoms with van der Waals surface area (Å²) in [4.78, 5) is 19.6. The highest BCUT2D eigenvalue weighted by Crippen LogP contribution is 2.34. The lowest BCUT2D eigenvalue weighted by atomic mass is 10.0. The molecule has 0 saturated carbocycles. The molecule has 3 heterocycles. The van der Waals surface area contributed by atoms with Crippen LogP contribution in [0.3, 0.4) is 0 Å². The van der Waals surface area contributed by atoms with Gasteiger partial charge in [0, 0.05) is 24.6 Å². The molecule has 106 valence electrons. The van der Waals surface area contributed by atoms with Crippen molar-refractivity contribution in [3.63, 3.8) is 0 Å².